The van der Waals surface area contributed by atoms with Gasteiger partial charge in [-0.2, -0.15) is 5.10 Å². The van der Waals surface area contributed by atoms with Gasteiger partial charge in [0.05, 0.1) is 6.20 Å². The standard InChI is InChI=1S/C15H27N3/c1-3-8-16-15(9-13-6-5-7-13)10-14-11-17-18(4-2)12-14/h11-13,15-16H,3-10H2,1-2H3. The molecule has 1 saturated carbocycles. The molecule has 1 fully saturated rings. The van der Waals surface area contributed by atoms with Gasteiger partial charge in [-0.25, -0.2) is 0 Å². The number of nitrogens with one attached hydrogen (secondary N) is 1. The van der Waals surface area contributed by atoms with Crippen molar-refractivity contribution in [2.45, 2.75) is 65.0 Å². The highest BCUT2D eigenvalue weighted by Crippen LogP contribution is 2.31. The Bertz CT molecular complexity index is 341. The molecule has 0 aliphatic heterocycles. The third-order valence-electron chi connectivity index (χ3n) is 4.02. The van der Waals surface area contributed by atoms with E-state index in [0.717, 1.165) is 25.4 Å². The highest BCUT2D eigenvalue weighted by molar-refractivity contribution is 5.06. The number of hydrogen-bond donors (Lipinski definition) is 1. The van der Waals surface area contributed by atoms with Gasteiger partial charge in [0.15, 0.2) is 0 Å². The molecule has 1 atom stereocenters. The molecular weight excluding hydrogens is 222 g/mol. The van der Waals surface area contributed by atoms with E-state index in [4.69, 9.17) is 0 Å². The second-order valence-corrected chi connectivity index (χ2v) is 5.59. The van der Waals surface area contributed by atoms with Crippen molar-refractivity contribution in [1.29, 1.82) is 0 Å². The van der Waals surface area contributed by atoms with E-state index < -0.39 is 0 Å². The molecule has 2 rings (SSSR count). The minimum atomic E-state index is 0.643. The summed E-state index contributed by atoms with van der Waals surface area (Å²) in [5, 5.41) is 8.08. The van der Waals surface area contributed by atoms with Crippen LogP contribution in [0, 0.1) is 5.92 Å². The molecule has 3 nitrogen and oxygen atoms in total. The fraction of sp³-hybridized carbons (Fsp3) is 0.800. The molecule has 0 spiro atoms. The minimum Gasteiger partial charge on any atom is -0.314 e. The molecule has 0 amide bonds. The predicted octanol–water partition coefficient (Wildman–Crippen LogP) is 3.00. The van der Waals surface area contributed by atoms with Gasteiger partial charge in [-0.15, -0.1) is 0 Å². The summed E-state index contributed by atoms with van der Waals surface area (Å²) >= 11 is 0. The summed E-state index contributed by atoms with van der Waals surface area (Å²) in [7, 11) is 0. The first-order chi connectivity index (χ1) is 8.81. The Morgan fingerprint density at radius 1 is 1.44 bits per heavy atom. The van der Waals surface area contributed by atoms with Crippen LogP contribution in [-0.2, 0) is 13.0 Å². The highest BCUT2D eigenvalue weighted by atomic mass is 15.3. The van der Waals surface area contributed by atoms with Crippen molar-refractivity contribution < 1.29 is 0 Å². The summed E-state index contributed by atoms with van der Waals surface area (Å²) in [6.07, 6.45) is 12.3. The van der Waals surface area contributed by atoms with Crippen molar-refractivity contribution >= 4 is 0 Å². The van der Waals surface area contributed by atoms with Gasteiger partial charge in [0.2, 0.25) is 0 Å². The van der Waals surface area contributed by atoms with E-state index in [1.165, 1.54) is 37.7 Å². The lowest BCUT2D eigenvalue weighted by atomic mass is 9.80. The molecular formula is C15H27N3. The van der Waals surface area contributed by atoms with Gasteiger partial charge in [0, 0.05) is 18.8 Å². The van der Waals surface area contributed by atoms with E-state index in [0.29, 0.717) is 6.04 Å². The number of hydrogen-bond acceptors (Lipinski definition) is 2. The van der Waals surface area contributed by atoms with Gasteiger partial charge in [0.1, 0.15) is 0 Å². The molecule has 0 radical (unpaired) electrons. The number of aryl methyl sites for hydroxylation is 1. The summed E-state index contributed by atoms with van der Waals surface area (Å²) in [6.45, 7) is 6.48. The molecule has 1 aliphatic carbocycles. The summed E-state index contributed by atoms with van der Waals surface area (Å²) in [5.74, 6) is 0.973. The number of aromatic nitrogens is 2. The molecule has 1 heterocycles. The van der Waals surface area contributed by atoms with Crippen LogP contribution in [0.5, 0.6) is 0 Å². The van der Waals surface area contributed by atoms with E-state index in [-0.39, 0.29) is 0 Å². The van der Waals surface area contributed by atoms with Crippen LogP contribution in [-0.4, -0.2) is 22.4 Å². The monoisotopic (exact) mass is 249 g/mol. The van der Waals surface area contributed by atoms with Gasteiger partial charge in [-0.1, -0.05) is 26.2 Å². The van der Waals surface area contributed by atoms with Gasteiger partial charge in [-0.05, 0) is 44.2 Å². The molecule has 1 N–H and O–H groups in total. The van der Waals surface area contributed by atoms with E-state index in [2.05, 4.69) is 30.5 Å². The Balaban J connectivity index is 1.85. The van der Waals surface area contributed by atoms with Gasteiger partial charge >= 0.3 is 0 Å². The maximum absolute atomic E-state index is 4.37. The molecule has 3 heteroatoms. The smallest absolute Gasteiger partial charge is 0.0522 e. The van der Waals surface area contributed by atoms with Crippen molar-refractivity contribution in [1.82, 2.24) is 15.1 Å². The van der Waals surface area contributed by atoms with Crippen LogP contribution in [0.2, 0.25) is 0 Å². The Hall–Kier alpha value is -0.830. The Morgan fingerprint density at radius 2 is 2.28 bits per heavy atom. The van der Waals surface area contributed by atoms with Crippen LogP contribution in [0.25, 0.3) is 0 Å². The first-order valence-corrected chi connectivity index (χ1v) is 7.56. The Morgan fingerprint density at radius 3 is 2.83 bits per heavy atom. The second kappa shape index (κ2) is 6.93. The van der Waals surface area contributed by atoms with Crippen molar-refractivity contribution in [2.75, 3.05) is 6.54 Å². The molecule has 102 valence electrons. The van der Waals surface area contributed by atoms with Crippen molar-refractivity contribution in [3.05, 3.63) is 18.0 Å². The molecule has 1 aromatic heterocycles. The van der Waals surface area contributed by atoms with E-state index in [9.17, 15) is 0 Å². The maximum atomic E-state index is 4.37. The number of rotatable bonds is 8. The average molecular weight is 249 g/mol. The predicted molar refractivity (Wildman–Crippen MR) is 75.6 cm³/mol. The molecule has 0 saturated heterocycles. The summed E-state index contributed by atoms with van der Waals surface area (Å²) < 4.78 is 2.02. The fourth-order valence-electron chi connectivity index (χ4n) is 2.69. The van der Waals surface area contributed by atoms with Crippen molar-refractivity contribution in [3.63, 3.8) is 0 Å². The van der Waals surface area contributed by atoms with Gasteiger partial charge in [0.25, 0.3) is 0 Å². The molecule has 1 aromatic rings. The zero-order valence-corrected chi connectivity index (χ0v) is 11.9. The van der Waals surface area contributed by atoms with E-state index in [1.807, 2.05) is 10.9 Å². The van der Waals surface area contributed by atoms with Crippen molar-refractivity contribution in [2.24, 2.45) is 5.92 Å². The lowest BCUT2D eigenvalue weighted by Gasteiger charge is -2.30. The molecule has 0 bridgehead atoms. The zero-order valence-electron chi connectivity index (χ0n) is 11.9. The lowest BCUT2D eigenvalue weighted by molar-refractivity contribution is 0.259. The van der Waals surface area contributed by atoms with Crippen LogP contribution in [0.1, 0.15) is 51.5 Å². The van der Waals surface area contributed by atoms with Crippen LogP contribution < -0.4 is 5.32 Å². The van der Waals surface area contributed by atoms with Crippen LogP contribution in [0.15, 0.2) is 12.4 Å². The first kappa shape index (κ1) is 13.6. The summed E-state index contributed by atoms with van der Waals surface area (Å²) in [4.78, 5) is 0. The Kier molecular flexibility index (Phi) is 5.24. The molecule has 1 unspecified atom stereocenters. The fourth-order valence-corrected chi connectivity index (χ4v) is 2.69. The lowest BCUT2D eigenvalue weighted by Crippen LogP contribution is -2.35. The summed E-state index contributed by atoms with van der Waals surface area (Å²) in [6, 6.07) is 0.643. The van der Waals surface area contributed by atoms with Gasteiger partial charge < -0.3 is 5.32 Å². The molecule has 18 heavy (non-hydrogen) atoms. The highest BCUT2D eigenvalue weighted by Gasteiger charge is 2.22. The normalized spacial score (nSPS) is 17.7. The van der Waals surface area contributed by atoms with Crippen LogP contribution >= 0.6 is 0 Å². The first-order valence-electron chi connectivity index (χ1n) is 7.56. The topological polar surface area (TPSA) is 29.9 Å². The van der Waals surface area contributed by atoms with E-state index in [1.54, 1.807) is 0 Å². The molecule has 1 aliphatic rings. The Labute approximate surface area is 111 Å². The second-order valence-electron chi connectivity index (χ2n) is 5.59. The molecule has 0 aromatic carbocycles. The average Bonchev–Trinajstić information content (AvgIpc) is 2.78. The quantitative estimate of drug-likeness (QED) is 0.767. The van der Waals surface area contributed by atoms with E-state index >= 15 is 0 Å². The van der Waals surface area contributed by atoms with Crippen LogP contribution in [0.4, 0.5) is 0 Å². The largest absolute Gasteiger partial charge is 0.314 e. The minimum absolute atomic E-state index is 0.643. The third-order valence-corrected chi connectivity index (χ3v) is 4.02. The summed E-state index contributed by atoms with van der Waals surface area (Å²) in [5.41, 5.74) is 1.38. The SMILES string of the molecule is CCCNC(Cc1cnn(CC)c1)CC1CCC1. The van der Waals surface area contributed by atoms with Crippen molar-refractivity contribution in [3.8, 4) is 0 Å². The number of nitrogens with zero attached hydrogens (tertiary/aromatic N) is 2. The zero-order chi connectivity index (χ0) is 12.8. The maximum Gasteiger partial charge on any atom is 0.0522 e. The third kappa shape index (κ3) is 3.84. The van der Waals surface area contributed by atoms with Crippen LogP contribution in [0.3, 0.4) is 0 Å². The van der Waals surface area contributed by atoms with Gasteiger partial charge in [-0.3, -0.25) is 4.68 Å².